The van der Waals surface area contributed by atoms with Crippen molar-refractivity contribution in [3.05, 3.63) is 70.8 Å². The van der Waals surface area contributed by atoms with E-state index in [4.69, 9.17) is 16.1 Å². The highest BCUT2D eigenvalue weighted by Crippen LogP contribution is 2.29. The van der Waals surface area contributed by atoms with Crippen molar-refractivity contribution in [2.75, 3.05) is 6.54 Å². The van der Waals surface area contributed by atoms with Crippen molar-refractivity contribution in [2.45, 2.75) is 18.9 Å². The quantitative estimate of drug-likeness (QED) is 0.694. The van der Waals surface area contributed by atoms with Crippen molar-refractivity contribution in [1.82, 2.24) is 15.0 Å². The summed E-state index contributed by atoms with van der Waals surface area (Å²) in [7, 11) is 0. The van der Waals surface area contributed by atoms with Gasteiger partial charge in [-0.05, 0) is 42.0 Å². The molecule has 1 unspecified atom stereocenters. The van der Waals surface area contributed by atoms with E-state index in [-0.39, 0.29) is 17.6 Å². The number of amides is 1. The normalized spacial score (nSPS) is 17.1. The summed E-state index contributed by atoms with van der Waals surface area (Å²) in [6.07, 6.45) is 0.332. The average Bonchev–Trinajstić information content (AvgIpc) is 3.25. The number of likely N-dealkylation sites (tertiary alicyclic amines) is 1. The van der Waals surface area contributed by atoms with Crippen LogP contribution < -0.4 is 0 Å². The highest BCUT2D eigenvalue weighted by atomic mass is 35.5. The van der Waals surface area contributed by atoms with Gasteiger partial charge in [0.25, 0.3) is 0 Å². The molecule has 1 aromatic heterocycles. The zero-order chi connectivity index (χ0) is 18.1. The molecular weight excluding hydrogens is 357 g/mol. The molecule has 0 saturated carbocycles. The monoisotopic (exact) mass is 371 g/mol. The van der Waals surface area contributed by atoms with Crippen molar-refractivity contribution in [1.29, 1.82) is 0 Å². The first kappa shape index (κ1) is 16.7. The molecule has 5 nitrogen and oxygen atoms in total. The van der Waals surface area contributed by atoms with E-state index in [0.717, 1.165) is 5.56 Å². The molecule has 1 atom stereocenters. The zero-order valence-corrected chi connectivity index (χ0v) is 14.5. The highest BCUT2D eigenvalue weighted by molar-refractivity contribution is 6.30. The average molecular weight is 372 g/mol. The molecule has 0 aliphatic carbocycles. The molecule has 4 rings (SSSR count). The summed E-state index contributed by atoms with van der Waals surface area (Å²) in [5, 5.41) is 4.62. The molecule has 1 aliphatic heterocycles. The number of nitrogens with zero attached hydrogens (tertiary/aromatic N) is 3. The van der Waals surface area contributed by atoms with Gasteiger partial charge >= 0.3 is 0 Å². The van der Waals surface area contributed by atoms with Gasteiger partial charge in [-0.25, -0.2) is 4.39 Å². The van der Waals surface area contributed by atoms with Crippen LogP contribution in [0.25, 0.3) is 11.4 Å². The Hall–Kier alpha value is -2.73. The molecule has 7 heteroatoms. The lowest BCUT2D eigenvalue weighted by Crippen LogP contribution is -2.24. The topological polar surface area (TPSA) is 59.2 Å². The minimum absolute atomic E-state index is 0.0477. The molecule has 1 amide bonds. The summed E-state index contributed by atoms with van der Waals surface area (Å²) >= 11 is 5.89. The summed E-state index contributed by atoms with van der Waals surface area (Å²) < 4.78 is 18.4. The molecular formula is C19H15ClFN3O2. The Balaban J connectivity index is 1.47. The van der Waals surface area contributed by atoms with Gasteiger partial charge in [-0.1, -0.05) is 28.9 Å². The van der Waals surface area contributed by atoms with Crippen molar-refractivity contribution in [2.24, 2.45) is 0 Å². The number of benzene rings is 2. The lowest BCUT2D eigenvalue weighted by molar-refractivity contribution is -0.128. The van der Waals surface area contributed by atoms with E-state index in [9.17, 15) is 9.18 Å². The summed E-state index contributed by atoms with van der Waals surface area (Å²) in [5.74, 6) is 0.402. The first-order valence-electron chi connectivity index (χ1n) is 8.20. The largest absolute Gasteiger partial charge is 0.339 e. The number of aromatic nitrogens is 2. The fraction of sp³-hybridized carbons (Fsp3) is 0.211. The molecule has 132 valence electrons. The van der Waals surface area contributed by atoms with Gasteiger partial charge in [0.1, 0.15) is 5.82 Å². The molecule has 2 heterocycles. The van der Waals surface area contributed by atoms with E-state index in [1.54, 1.807) is 17.0 Å². The molecule has 3 aromatic rings. The Morgan fingerprint density at radius 2 is 1.88 bits per heavy atom. The van der Waals surface area contributed by atoms with Gasteiger partial charge in [0, 0.05) is 30.1 Å². The second-order valence-electron chi connectivity index (χ2n) is 6.26. The van der Waals surface area contributed by atoms with E-state index in [2.05, 4.69) is 10.1 Å². The van der Waals surface area contributed by atoms with E-state index < -0.39 is 0 Å². The molecule has 2 aromatic carbocycles. The first-order valence-corrected chi connectivity index (χ1v) is 8.58. The van der Waals surface area contributed by atoms with Gasteiger partial charge in [0.15, 0.2) is 0 Å². The van der Waals surface area contributed by atoms with Crippen LogP contribution in [0.15, 0.2) is 53.1 Å². The first-order chi connectivity index (χ1) is 12.6. The number of rotatable bonds is 4. The third-order valence-corrected chi connectivity index (χ3v) is 4.65. The van der Waals surface area contributed by atoms with Crippen LogP contribution in [0.5, 0.6) is 0 Å². The maximum atomic E-state index is 13.0. The summed E-state index contributed by atoms with van der Waals surface area (Å²) in [6.45, 7) is 1.04. The van der Waals surface area contributed by atoms with Crippen LogP contribution >= 0.6 is 11.6 Å². The summed E-state index contributed by atoms with van der Waals surface area (Å²) in [5.41, 5.74) is 1.68. The number of halogens is 2. The molecule has 0 radical (unpaired) electrons. The van der Waals surface area contributed by atoms with E-state index >= 15 is 0 Å². The van der Waals surface area contributed by atoms with Gasteiger partial charge < -0.3 is 9.42 Å². The summed E-state index contributed by atoms with van der Waals surface area (Å²) in [6, 6.07) is 13.3. The minimum atomic E-state index is -0.323. The zero-order valence-electron chi connectivity index (χ0n) is 13.7. The Morgan fingerprint density at radius 3 is 2.62 bits per heavy atom. The molecule has 1 saturated heterocycles. The Bertz CT molecular complexity index is 925. The molecule has 0 N–H and O–H groups in total. The number of carbonyl (C=O) groups is 1. The summed E-state index contributed by atoms with van der Waals surface area (Å²) in [4.78, 5) is 18.5. The van der Waals surface area contributed by atoms with Crippen LogP contribution in [0.4, 0.5) is 4.39 Å². The fourth-order valence-electron chi connectivity index (χ4n) is 3.02. The predicted octanol–water partition coefficient (Wildman–Crippen LogP) is 4.05. The van der Waals surface area contributed by atoms with Crippen molar-refractivity contribution in [3.63, 3.8) is 0 Å². The standard InChI is InChI=1S/C19H15ClFN3O2/c20-15-5-1-12(2-6-15)10-24-11-14(9-17(24)25)19-22-18(23-26-19)13-3-7-16(21)8-4-13/h1-8,14H,9-11H2. The maximum Gasteiger partial charge on any atom is 0.232 e. The third kappa shape index (κ3) is 3.46. The fourth-order valence-corrected chi connectivity index (χ4v) is 3.14. The lowest BCUT2D eigenvalue weighted by atomic mass is 10.1. The molecule has 26 heavy (non-hydrogen) atoms. The maximum absolute atomic E-state index is 13.0. The van der Waals surface area contributed by atoms with Crippen LogP contribution in [0, 0.1) is 5.82 Å². The van der Waals surface area contributed by atoms with Crippen molar-refractivity contribution < 1.29 is 13.7 Å². The van der Waals surface area contributed by atoms with Crippen molar-refractivity contribution >= 4 is 17.5 Å². The van der Waals surface area contributed by atoms with E-state index in [0.29, 0.717) is 41.8 Å². The highest BCUT2D eigenvalue weighted by Gasteiger charge is 2.34. The number of hydrogen-bond acceptors (Lipinski definition) is 4. The van der Waals surface area contributed by atoms with Crippen molar-refractivity contribution in [3.8, 4) is 11.4 Å². The smallest absolute Gasteiger partial charge is 0.232 e. The van der Waals surface area contributed by atoms with E-state index in [1.165, 1.54) is 12.1 Å². The number of carbonyl (C=O) groups excluding carboxylic acids is 1. The second-order valence-corrected chi connectivity index (χ2v) is 6.70. The van der Waals surface area contributed by atoms with Crippen LogP contribution in [-0.2, 0) is 11.3 Å². The SMILES string of the molecule is O=C1CC(c2nc(-c3ccc(F)cc3)no2)CN1Cc1ccc(Cl)cc1. The van der Waals surface area contributed by atoms with Gasteiger partial charge in [-0.15, -0.1) is 0 Å². The van der Waals surface area contributed by atoms with Crippen LogP contribution in [-0.4, -0.2) is 27.5 Å². The Kier molecular flexibility index (Phi) is 4.42. The van der Waals surface area contributed by atoms with Crippen LogP contribution in [0.2, 0.25) is 5.02 Å². The van der Waals surface area contributed by atoms with Crippen LogP contribution in [0.1, 0.15) is 23.8 Å². The number of hydrogen-bond donors (Lipinski definition) is 0. The molecule has 1 aliphatic rings. The third-order valence-electron chi connectivity index (χ3n) is 4.39. The van der Waals surface area contributed by atoms with Gasteiger partial charge in [0.2, 0.25) is 17.6 Å². The predicted molar refractivity (Wildman–Crippen MR) is 93.9 cm³/mol. The molecule has 0 spiro atoms. The Labute approximate surface area is 154 Å². The molecule has 0 bridgehead atoms. The minimum Gasteiger partial charge on any atom is -0.339 e. The van der Waals surface area contributed by atoms with Crippen LogP contribution in [0.3, 0.4) is 0 Å². The second kappa shape index (κ2) is 6.88. The molecule has 1 fully saturated rings. The van der Waals surface area contributed by atoms with E-state index in [1.807, 2.05) is 24.3 Å². The van der Waals surface area contributed by atoms with Gasteiger partial charge in [0.05, 0.1) is 5.92 Å². The van der Waals surface area contributed by atoms with Gasteiger partial charge in [-0.2, -0.15) is 4.98 Å². The van der Waals surface area contributed by atoms with Gasteiger partial charge in [-0.3, -0.25) is 4.79 Å². The lowest BCUT2D eigenvalue weighted by Gasteiger charge is -2.16. The Morgan fingerprint density at radius 1 is 1.15 bits per heavy atom.